The number of rotatable bonds is 4. The Morgan fingerprint density at radius 3 is 2.61 bits per heavy atom. The zero-order valence-corrected chi connectivity index (χ0v) is 12.0. The predicted molar refractivity (Wildman–Crippen MR) is 76.1 cm³/mol. The van der Waals surface area contributed by atoms with Crippen LogP contribution in [0.3, 0.4) is 0 Å². The summed E-state index contributed by atoms with van der Waals surface area (Å²) < 4.78 is 5.73. The highest BCUT2D eigenvalue weighted by molar-refractivity contribution is 6.31. The number of methoxy groups -OCH3 is 1. The highest BCUT2D eigenvalue weighted by atomic mass is 35.5. The monoisotopic (exact) mass is 267 g/mol. The van der Waals surface area contributed by atoms with Gasteiger partial charge in [0.05, 0.1) is 5.60 Å². The Morgan fingerprint density at radius 2 is 2.06 bits per heavy atom. The fourth-order valence-corrected chi connectivity index (χ4v) is 3.25. The van der Waals surface area contributed by atoms with Crippen LogP contribution in [0.2, 0.25) is 5.02 Å². The fourth-order valence-electron chi connectivity index (χ4n) is 2.94. The molecule has 0 bridgehead atoms. The number of hydrogen-bond donors (Lipinski definition) is 1. The van der Waals surface area contributed by atoms with Crippen molar-refractivity contribution in [1.82, 2.24) is 0 Å². The van der Waals surface area contributed by atoms with Gasteiger partial charge in [-0.2, -0.15) is 0 Å². The third-order valence-corrected chi connectivity index (χ3v) is 4.53. The number of nitrogens with two attached hydrogens (primary N) is 1. The average molecular weight is 268 g/mol. The van der Waals surface area contributed by atoms with Crippen molar-refractivity contribution in [1.29, 1.82) is 0 Å². The van der Waals surface area contributed by atoms with E-state index in [1.54, 1.807) is 7.11 Å². The van der Waals surface area contributed by atoms with Gasteiger partial charge in [0.15, 0.2) is 0 Å². The van der Waals surface area contributed by atoms with Crippen LogP contribution in [0.4, 0.5) is 0 Å². The molecule has 3 heteroatoms. The molecule has 2 N–H and O–H groups in total. The highest BCUT2D eigenvalue weighted by Crippen LogP contribution is 2.36. The van der Waals surface area contributed by atoms with Crippen molar-refractivity contribution in [2.45, 2.75) is 50.7 Å². The predicted octanol–water partition coefficient (Wildman–Crippen LogP) is 3.48. The fraction of sp³-hybridized carbons (Fsp3) is 0.600. The van der Waals surface area contributed by atoms with Crippen LogP contribution in [0, 0.1) is 6.92 Å². The molecule has 0 saturated heterocycles. The van der Waals surface area contributed by atoms with E-state index in [0.29, 0.717) is 0 Å². The molecule has 1 aliphatic carbocycles. The third kappa shape index (κ3) is 2.71. The van der Waals surface area contributed by atoms with Gasteiger partial charge in [-0.15, -0.1) is 0 Å². The minimum Gasteiger partial charge on any atom is -0.377 e. The molecule has 0 radical (unpaired) electrons. The second kappa shape index (κ2) is 5.60. The van der Waals surface area contributed by atoms with Gasteiger partial charge in [-0.3, -0.25) is 0 Å². The maximum Gasteiger partial charge on any atom is 0.0832 e. The van der Waals surface area contributed by atoms with Gasteiger partial charge < -0.3 is 10.5 Å². The molecule has 2 nitrogen and oxygen atoms in total. The minimum absolute atomic E-state index is 0.0187. The summed E-state index contributed by atoms with van der Waals surface area (Å²) in [5.74, 6) is 0. The first-order valence-electron chi connectivity index (χ1n) is 6.63. The van der Waals surface area contributed by atoms with Crippen molar-refractivity contribution in [3.63, 3.8) is 0 Å². The molecular formula is C15H22ClNO. The summed E-state index contributed by atoms with van der Waals surface area (Å²) in [6, 6.07) is 6.18. The van der Waals surface area contributed by atoms with Gasteiger partial charge in [0.25, 0.3) is 0 Å². The molecule has 1 saturated carbocycles. The Balaban J connectivity index is 2.12. The summed E-state index contributed by atoms with van der Waals surface area (Å²) in [5, 5.41) is 0.815. The van der Waals surface area contributed by atoms with Crippen LogP contribution in [0.5, 0.6) is 0 Å². The second-order valence-electron chi connectivity index (χ2n) is 5.38. The average Bonchev–Trinajstić information content (AvgIpc) is 2.82. The molecule has 0 aliphatic heterocycles. The van der Waals surface area contributed by atoms with E-state index < -0.39 is 0 Å². The molecule has 1 aliphatic rings. The minimum atomic E-state index is -0.145. The van der Waals surface area contributed by atoms with Crippen LogP contribution >= 0.6 is 11.6 Å². The van der Waals surface area contributed by atoms with Gasteiger partial charge in [-0.1, -0.05) is 36.6 Å². The van der Waals surface area contributed by atoms with E-state index in [1.807, 2.05) is 13.0 Å². The lowest BCUT2D eigenvalue weighted by atomic mass is 9.88. The van der Waals surface area contributed by atoms with E-state index in [9.17, 15) is 0 Å². The van der Waals surface area contributed by atoms with Crippen LogP contribution in [0.25, 0.3) is 0 Å². The molecule has 0 aromatic heterocycles. The van der Waals surface area contributed by atoms with Crippen molar-refractivity contribution in [3.8, 4) is 0 Å². The lowest BCUT2D eigenvalue weighted by Gasteiger charge is -2.34. The topological polar surface area (TPSA) is 35.2 Å². The van der Waals surface area contributed by atoms with Crippen LogP contribution in [0.1, 0.15) is 36.8 Å². The largest absolute Gasteiger partial charge is 0.377 e. The molecule has 1 unspecified atom stereocenters. The van der Waals surface area contributed by atoms with E-state index in [-0.39, 0.29) is 11.6 Å². The molecule has 1 aromatic carbocycles. The SMILES string of the molecule is COC1(C(N)Cc2ccc(C)cc2Cl)CCCC1. The Hall–Kier alpha value is -0.570. The highest BCUT2D eigenvalue weighted by Gasteiger charge is 2.39. The first kappa shape index (κ1) is 13.9. The van der Waals surface area contributed by atoms with Crippen molar-refractivity contribution in [2.75, 3.05) is 7.11 Å². The van der Waals surface area contributed by atoms with Gasteiger partial charge in [-0.05, 0) is 43.4 Å². The van der Waals surface area contributed by atoms with Crippen LogP contribution < -0.4 is 5.73 Å². The number of aryl methyl sites for hydroxylation is 1. The summed E-state index contributed by atoms with van der Waals surface area (Å²) in [6.45, 7) is 2.04. The van der Waals surface area contributed by atoms with Crippen LogP contribution in [0.15, 0.2) is 18.2 Å². The third-order valence-electron chi connectivity index (χ3n) is 4.18. The van der Waals surface area contributed by atoms with Gasteiger partial charge in [0.2, 0.25) is 0 Å². The number of benzene rings is 1. The zero-order chi connectivity index (χ0) is 13.2. The molecule has 0 spiro atoms. The van der Waals surface area contributed by atoms with Crippen molar-refractivity contribution in [2.24, 2.45) is 5.73 Å². The van der Waals surface area contributed by atoms with E-state index >= 15 is 0 Å². The second-order valence-corrected chi connectivity index (χ2v) is 5.79. The van der Waals surface area contributed by atoms with Crippen molar-refractivity contribution in [3.05, 3.63) is 34.3 Å². The lowest BCUT2D eigenvalue weighted by Crippen LogP contribution is -2.48. The molecule has 0 heterocycles. The summed E-state index contributed by atoms with van der Waals surface area (Å²) in [5.41, 5.74) is 8.54. The first-order valence-corrected chi connectivity index (χ1v) is 7.01. The Kier molecular flexibility index (Phi) is 4.31. The summed E-state index contributed by atoms with van der Waals surface area (Å²) in [4.78, 5) is 0. The van der Waals surface area contributed by atoms with Gasteiger partial charge in [0, 0.05) is 18.2 Å². The molecule has 1 atom stereocenters. The molecule has 0 amide bonds. The molecule has 100 valence electrons. The molecule has 2 rings (SSSR count). The van der Waals surface area contributed by atoms with Crippen LogP contribution in [-0.2, 0) is 11.2 Å². The normalized spacial score (nSPS) is 20.0. The number of ether oxygens (including phenoxy) is 1. The molecule has 18 heavy (non-hydrogen) atoms. The van der Waals surface area contributed by atoms with Gasteiger partial charge in [0.1, 0.15) is 0 Å². The van der Waals surface area contributed by atoms with E-state index in [1.165, 1.54) is 18.4 Å². The standard InChI is InChI=1S/C15H22ClNO/c1-11-5-6-12(13(16)9-11)10-14(17)15(18-2)7-3-4-8-15/h5-6,9,14H,3-4,7-8,10,17H2,1-2H3. The molecule has 1 fully saturated rings. The summed E-state index contributed by atoms with van der Waals surface area (Å²) in [7, 11) is 1.78. The molecular weight excluding hydrogens is 246 g/mol. The summed E-state index contributed by atoms with van der Waals surface area (Å²) >= 11 is 6.27. The zero-order valence-electron chi connectivity index (χ0n) is 11.2. The Labute approximate surface area is 114 Å². The first-order chi connectivity index (χ1) is 8.57. The van der Waals surface area contributed by atoms with Crippen molar-refractivity contribution < 1.29 is 4.74 Å². The maximum atomic E-state index is 6.38. The van der Waals surface area contributed by atoms with E-state index in [0.717, 1.165) is 29.8 Å². The Bertz CT molecular complexity index is 413. The maximum absolute atomic E-state index is 6.38. The van der Waals surface area contributed by atoms with Gasteiger partial charge >= 0.3 is 0 Å². The van der Waals surface area contributed by atoms with E-state index in [2.05, 4.69) is 12.1 Å². The summed E-state index contributed by atoms with van der Waals surface area (Å²) in [6.07, 6.45) is 5.33. The van der Waals surface area contributed by atoms with Crippen molar-refractivity contribution >= 4 is 11.6 Å². The van der Waals surface area contributed by atoms with Gasteiger partial charge in [-0.25, -0.2) is 0 Å². The lowest BCUT2D eigenvalue weighted by molar-refractivity contribution is -0.0253. The number of halogens is 1. The molecule has 1 aromatic rings. The number of hydrogen-bond acceptors (Lipinski definition) is 2. The Morgan fingerprint density at radius 1 is 1.39 bits per heavy atom. The van der Waals surface area contributed by atoms with Crippen LogP contribution in [-0.4, -0.2) is 18.8 Å². The van der Waals surface area contributed by atoms with E-state index in [4.69, 9.17) is 22.1 Å². The quantitative estimate of drug-likeness (QED) is 0.907. The smallest absolute Gasteiger partial charge is 0.0832 e.